The van der Waals surface area contributed by atoms with Crippen LogP contribution in [-0.4, -0.2) is 17.9 Å². The molecule has 0 aliphatic heterocycles. The van der Waals surface area contributed by atoms with Gasteiger partial charge in [-0.15, -0.1) is 0 Å². The van der Waals surface area contributed by atoms with E-state index in [1.54, 1.807) is 36.4 Å². The number of quaternary nitrogens is 1. The standard InChI is InChI=1S/C20H17N3O4S/c1-27-17-7-3-2-6-16(17)22-20(24)19-15(21)5-4-8-18(19)28-14-11-9-13(10-12-14)23(25)26/h2-12H,21H2,1H3,(H,22,24)/p+1. The Morgan fingerprint density at radius 1 is 1.07 bits per heavy atom. The zero-order valence-electron chi connectivity index (χ0n) is 15.0. The topological polar surface area (TPSA) is 109 Å². The van der Waals surface area contributed by atoms with E-state index in [1.165, 1.54) is 31.0 Å². The summed E-state index contributed by atoms with van der Waals surface area (Å²) in [4.78, 5) is 24.8. The van der Waals surface area contributed by atoms with Gasteiger partial charge in [-0.25, -0.2) is 0 Å². The molecule has 3 aromatic rings. The summed E-state index contributed by atoms with van der Waals surface area (Å²) >= 11 is 1.34. The summed E-state index contributed by atoms with van der Waals surface area (Å²) in [6.07, 6.45) is 0. The van der Waals surface area contributed by atoms with Gasteiger partial charge in [-0.3, -0.25) is 14.9 Å². The van der Waals surface area contributed by atoms with Gasteiger partial charge >= 0.3 is 0 Å². The predicted octanol–water partition coefficient (Wildman–Crippen LogP) is 3.88. The highest BCUT2D eigenvalue weighted by atomic mass is 32.2. The van der Waals surface area contributed by atoms with Crippen LogP contribution in [-0.2, 0) is 0 Å². The number of ether oxygens (including phenoxy) is 1. The van der Waals surface area contributed by atoms with Crippen LogP contribution >= 0.6 is 11.8 Å². The first-order valence-corrected chi connectivity index (χ1v) is 9.13. The van der Waals surface area contributed by atoms with Gasteiger partial charge in [0.2, 0.25) is 0 Å². The molecule has 0 aromatic heterocycles. The van der Waals surface area contributed by atoms with Crippen LogP contribution in [0.4, 0.5) is 17.1 Å². The summed E-state index contributed by atoms with van der Waals surface area (Å²) in [7, 11) is 1.54. The molecule has 0 fully saturated rings. The number of amides is 1. The van der Waals surface area contributed by atoms with E-state index in [-0.39, 0.29) is 11.6 Å². The fraction of sp³-hybridized carbons (Fsp3) is 0.0500. The maximum atomic E-state index is 12.9. The second-order valence-corrected chi connectivity index (χ2v) is 6.91. The Morgan fingerprint density at radius 2 is 1.79 bits per heavy atom. The van der Waals surface area contributed by atoms with Gasteiger partial charge in [0.1, 0.15) is 17.0 Å². The molecule has 3 rings (SSSR count). The predicted molar refractivity (Wildman–Crippen MR) is 107 cm³/mol. The molecule has 0 bridgehead atoms. The fourth-order valence-electron chi connectivity index (χ4n) is 2.61. The second-order valence-electron chi connectivity index (χ2n) is 5.80. The number of para-hydroxylation sites is 2. The van der Waals surface area contributed by atoms with Gasteiger partial charge in [0.05, 0.1) is 17.7 Å². The quantitative estimate of drug-likeness (QED) is 0.485. The molecule has 0 atom stereocenters. The molecule has 4 N–H and O–H groups in total. The molecule has 0 saturated heterocycles. The van der Waals surface area contributed by atoms with E-state index in [1.807, 2.05) is 18.2 Å². The summed E-state index contributed by atoms with van der Waals surface area (Å²) in [6.45, 7) is 0. The molecule has 1 amide bonds. The van der Waals surface area contributed by atoms with E-state index in [0.29, 0.717) is 27.6 Å². The van der Waals surface area contributed by atoms with Crippen molar-refractivity contribution in [2.24, 2.45) is 0 Å². The van der Waals surface area contributed by atoms with Crippen LogP contribution in [0.2, 0.25) is 0 Å². The third-order valence-electron chi connectivity index (χ3n) is 3.97. The van der Waals surface area contributed by atoms with Crippen LogP contribution in [0.3, 0.4) is 0 Å². The largest absolute Gasteiger partial charge is 0.495 e. The van der Waals surface area contributed by atoms with Crippen molar-refractivity contribution in [2.45, 2.75) is 9.79 Å². The van der Waals surface area contributed by atoms with E-state index < -0.39 is 4.92 Å². The molecule has 142 valence electrons. The van der Waals surface area contributed by atoms with Crippen molar-refractivity contribution in [3.63, 3.8) is 0 Å². The van der Waals surface area contributed by atoms with E-state index in [0.717, 1.165) is 4.90 Å². The van der Waals surface area contributed by atoms with Gasteiger partial charge in [-0.2, -0.15) is 0 Å². The molecule has 0 aliphatic rings. The molecular formula is C20H18N3O4S+. The highest BCUT2D eigenvalue weighted by molar-refractivity contribution is 7.99. The zero-order valence-corrected chi connectivity index (χ0v) is 15.9. The normalized spacial score (nSPS) is 10.4. The Kier molecular flexibility index (Phi) is 5.93. The lowest BCUT2D eigenvalue weighted by molar-refractivity contribution is -0.384. The Hall–Kier alpha value is -3.36. The van der Waals surface area contributed by atoms with Crippen molar-refractivity contribution in [1.82, 2.24) is 0 Å². The Bertz CT molecular complexity index is 1020. The molecule has 0 spiro atoms. The van der Waals surface area contributed by atoms with Gasteiger partial charge in [0.25, 0.3) is 11.6 Å². The second kappa shape index (κ2) is 8.55. The van der Waals surface area contributed by atoms with Crippen LogP contribution in [0.15, 0.2) is 76.5 Å². The Morgan fingerprint density at radius 3 is 2.46 bits per heavy atom. The maximum absolute atomic E-state index is 12.9. The third-order valence-corrected chi connectivity index (χ3v) is 5.04. The molecule has 0 heterocycles. The van der Waals surface area contributed by atoms with Crippen molar-refractivity contribution < 1.29 is 20.2 Å². The molecule has 3 aromatic carbocycles. The summed E-state index contributed by atoms with van der Waals surface area (Å²) in [5.74, 6) is 0.251. The lowest BCUT2D eigenvalue weighted by atomic mass is 10.1. The monoisotopic (exact) mass is 396 g/mol. The van der Waals surface area contributed by atoms with E-state index >= 15 is 0 Å². The number of nitrogens with zero attached hydrogens (tertiary/aromatic N) is 1. The van der Waals surface area contributed by atoms with Crippen molar-refractivity contribution in [1.29, 1.82) is 0 Å². The number of nitro groups is 1. The van der Waals surface area contributed by atoms with Crippen molar-refractivity contribution in [3.8, 4) is 5.75 Å². The number of hydrogen-bond donors (Lipinski definition) is 2. The molecule has 0 saturated carbocycles. The minimum atomic E-state index is -0.447. The van der Waals surface area contributed by atoms with Gasteiger partial charge in [-0.1, -0.05) is 30.0 Å². The molecular weight excluding hydrogens is 378 g/mol. The molecule has 0 radical (unpaired) electrons. The number of nitrogens with one attached hydrogen (secondary N) is 1. The van der Waals surface area contributed by atoms with Crippen LogP contribution in [0.25, 0.3) is 0 Å². The molecule has 7 nitrogen and oxygen atoms in total. The van der Waals surface area contributed by atoms with Crippen molar-refractivity contribution >= 4 is 34.7 Å². The number of benzene rings is 3. The van der Waals surface area contributed by atoms with Gasteiger partial charge in [0.15, 0.2) is 0 Å². The average molecular weight is 396 g/mol. The Balaban J connectivity index is 1.89. The number of carbonyl (C=O) groups excluding carboxylic acids is 1. The highest BCUT2D eigenvalue weighted by Crippen LogP contribution is 2.34. The van der Waals surface area contributed by atoms with Crippen molar-refractivity contribution in [3.05, 3.63) is 82.4 Å². The number of rotatable bonds is 6. The van der Waals surface area contributed by atoms with Gasteiger partial charge in [0, 0.05) is 21.9 Å². The fourth-order valence-corrected chi connectivity index (χ4v) is 3.61. The molecule has 0 unspecified atom stereocenters. The van der Waals surface area contributed by atoms with E-state index in [4.69, 9.17) is 4.74 Å². The number of non-ortho nitro benzene ring substituents is 1. The first-order valence-electron chi connectivity index (χ1n) is 8.31. The minimum absolute atomic E-state index is 0.0180. The summed E-state index contributed by atoms with van der Waals surface area (Å²) in [6, 6.07) is 18.7. The number of carbonyl (C=O) groups is 1. The number of methoxy groups -OCH3 is 1. The van der Waals surface area contributed by atoms with E-state index in [9.17, 15) is 14.9 Å². The zero-order chi connectivity index (χ0) is 20.1. The summed E-state index contributed by atoms with van der Waals surface area (Å²) in [5.41, 5.74) is 5.57. The van der Waals surface area contributed by atoms with Crippen LogP contribution in [0.5, 0.6) is 5.75 Å². The molecule has 0 aliphatic carbocycles. The van der Waals surface area contributed by atoms with Crippen LogP contribution < -0.4 is 15.8 Å². The first kappa shape index (κ1) is 19.4. The average Bonchev–Trinajstić information content (AvgIpc) is 2.69. The van der Waals surface area contributed by atoms with Crippen LogP contribution in [0.1, 0.15) is 10.4 Å². The summed E-state index contributed by atoms with van der Waals surface area (Å²) in [5, 5.41) is 13.7. The Labute approximate surface area is 165 Å². The number of nitro benzene ring substituents is 1. The van der Waals surface area contributed by atoms with Gasteiger partial charge < -0.3 is 15.8 Å². The highest BCUT2D eigenvalue weighted by Gasteiger charge is 2.20. The molecule has 28 heavy (non-hydrogen) atoms. The smallest absolute Gasteiger partial charge is 0.269 e. The maximum Gasteiger partial charge on any atom is 0.269 e. The lowest BCUT2D eigenvalue weighted by Crippen LogP contribution is -2.42. The first-order chi connectivity index (χ1) is 13.5. The third kappa shape index (κ3) is 4.30. The number of anilines is 1. The minimum Gasteiger partial charge on any atom is -0.495 e. The molecule has 8 heteroatoms. The summed E-state index contributed by atoms with van der Waals surface area (Å²) < 4.78 is 5.28. The van der Waals surface area contributed by atoms with Crippen molar-refractivity contribution in [2.75, 3.05) is 12.4 Å². The lowest BCUT2D eigenvalue weighted by Gasteiger charge is -2.12. The van der Waals surface area contributed by atoms with Crippen LogP contribution in [0, 0.1) is 10.1 Å². The van der Waals surface area contributed by atoms with E-state index in [2.05, 4.69) is 11.1 Å². The number of hydrogen-bond acceptors (Lipinski definition) is 5. The SMILES string of the molecule is COc1ccccc1NC(=O)c1c([NH3+])cccc1Sc1ccc([N+](=O)[O-])cc1. The van der Waals surface area contributed by atoms with Gasteiger partial charge in [-0.05, 0) is 36.4 Å².